The van der Waals surface area contributed by atoms with Crippen molar-refractivity contribution < 1.29 is 8.42 Å². The van der Waals surface area contributed by atoms with Crippen LogP contribution in [0.1, 0.15) is 6.42 Å². The van der Waals surface area contributed by atoms with Gasteiger partial charge in [0.15, 0.2) is 9.84 Å². The van der Waals surface area contributed by atoms with E-state index in [9.17, 15) is 8.42 Å². The number of nitrogens with two attached hydrogens (primary N) is 1. The second-order valence-corrected chi connectivity index (χ2v) is 5.48. The topological polar surface area (TPSA) is 72.2 Å². The maximum atomic E-state index is 11.4. The van der Waals surface area contributed by atoms with Gasteiger partial charge in [-0.05, 0) is 18.6 Å². The summed E-state index contributed by atoms with van der Waals surface area (Å²) < 4.78 is 22.8. The van der Waals surface area contributed by atoms with Gasteiger partial charge in [-0.15, -0.1) is 6.58 Å². The molecule has 0 spiro atoms. The number of sulfone groups is 1. The van der Waals surface area contributed by atoms with Crippen molar-refractivity contribution in [3.63, 3.8) is 0 Å². The van der Waals surface area contributed by atoms with Crippen LogP contribution in [0, 0.1) is 0 Å². The van der Waals surface area contributed by atoms with Gasteiger partial charge in [0.2, 0.25) is 0 Å². The van der Waals surface area contributed by atoms with E-state index in [0.717, 1.165) is 12.7 Å². The van der Waals surface area contributed by atoms with Crippen molar-refractivity contribution in [1.82, 2.24) is 0 Å². The van der Waals surface area contributed by atoms with Gasteiger partial charge < -0.3 is 11.1 Å². The summed E-state index contributed by atoms with van der Waals surface area (Å²) in [6.07, 6.45) is 3.72. The van der Waals surface area contributed by atoms with Crippen LogP contribution in [0.15, 0.2) is 35.7 Å². The molecule has 5 heteroatoms. The molecule has 0 aliphatic rings. The number of rotatable bonds is 5. The molecule has 4 nitrogen and oxygen atoms in total. The first kappa shape index (κ1) is 12.6. The summed E-state index contributed by atoms with van der Waals surface area (Å²) in [5.41, 5.74) is 6.70. The Hall–Kier alpha value is -1.49. The fourth-order valence-electron chi connectivity index (χ4n) is 1.33. The number of anilines is 2. The molecule has 1 aromatic rings. The number of nitrogens with one attached hydrogen (secondary N) is 1. The van der Waals surface area contributed by atoms with Crippen LogP contribution in [0.3, 0.4) is 0 Å². The summed E-state index contributed by atoms with van der Waals surface area (Å²) in [6.45, 7) is 4.29. The summed E-state index contributed by atoms with van der Waals surface area (Å²) in [5, 5.41) is 3.07. The van der Waals surface area contributed by atoms with Gasteiger partial charge in [-0.25, -0.2) is 8.42 Å². The summed E-state index contributed by atoms with van der Waals surface area (Å²) in [5.74, 6) is 0. The Balaban J connectivity index is 3.00. The van der Waals surface area contributed by atoms with Crippen molar-refractivity contribution in [2.45, 2.75) is 11.3 Å². The molecule has 0 aliphatic heterocycles. The summed E-state index contributed by atoms with van der Waals surface area (Å²) in [4.78, 5) is 0.163. The smallest absolute Gasteiger partial charge is 0.177 e. The van der Waals surface area contributed by atoms with Crippen LogP contribution >= 0.6 is 0 Å². The minimum atomic E-state index is -3.27. The molecule has 0 bridgehead atoms. The number of hydrogen-bond acceptors (Lipinski definition) is 4. The van der Waals surface area contributed by atoms with Crippen molar-refractivity contribution in [2.24, 2.45) is 0 Å². The lowest BCUT2D eigenvalue weighted by molar-refractivity contribution is 0.602. The van der Waals surface area contributed by atoms with E-state index in [0.29, 0.717) is 12.2 Å². The first-order valence-corrected chi connectivity index (χ1v) is 6.79. The van der Waals surface area contributed by atoms with Crippen LogP contribution in [-0.2, 0) is 9.84 Å². The van der Waals surface area contributed by atoms with E-state index in [4.69, 9.17) is 5.73 Å². The van der Waals surface area contributed by atoms with Gasteiger partial charge in [0.05, 0.1) is 16.3 Å². The molecule has 0 unspecified atom stereocenters. The molecule has 16 heavy (non-hydrogen) atoms. The van der Waals surface area contributed by atoms with Gasteiger partial charge in [-0.2, -0.15) is 0 Å². The Morgan fingerprint density at radius 1 is 1.50 bits per heavy atom. The summed E-state index contributed by atoms with van der Waals surface area (Å²) in [6, 6.07) is 4.93. The van der Waals surface area contributed by atoms with Gasteiger partial charge in [-0.3, -0.25) is 0 Å². The van der Waals surface area contributed by atoms with E-state index >= 15 is 0 Å². The van der Waals surface area contributed by atoms with E-state index in [1.165, 1.54) is 6.07 Å². The zero-order valence-corrected chi connectivity index (χ0v) is 10.0. The highest BCUT2D eigenvalue weighted by atomic mass is 32.2. The first-order chi connectivity index (χ1) is 7.46. The van der Waals surface area contributed by atoms with Crippen LogP contribution in [0.2, 0.25) is 0 Å². The zero-order chi connectivity index (χ0) is 12.2. The van der Waals surface area contributed by atoms with E-state index < -0.39 is 9.84 Å². The van der Waals surface area contributed by atoms with Crippen molar-refractivity contribution in [3.05, 3.63) is 30.9 Å². The van der Waals surface area contributed by atoms with E-state index in [-0.39, 0.29) is 10.6 Å². The lowest BCUT2D eigenvalue weighted by Gasteiger charge is -2.11. The Bertz CT molecular complexity index is 481. The average molecular weight is 240 g/mol. The molecule has 0 amide bonds. The summed E-state index contributed by atoms with van der Waals surface area (Å²) >= 11 is 0. The third-order valence-corrected chi connectivity index (χ3v) is 3.28. The van der Waals surface area contributed by atoms with Crippen molar-refractivity contribution in [1.29, 1.82) is 0 Å². The number of hydrogen-bond donors (Lipinski definition) is 2. The predicted octanol–water partition coefficient (Wildman–Crippen LogP) is 1.66. The van der Waals surface area contributed by atoms with Gasteiger partial charge in [0, 0.05) is 12.8 Å². The van der Waals surface area contributed by atoms with Gasteiger partial charge >= 0.3 is 0 Å². The van der Waals surface area contributed by atoms with E-state index in [1.54, 1.807) is 18.2 Å². The molecule has 0 saturated carbocycles. The van der Waals surface area contributed by atoms with Crippen molar-refractivity contribution >= 4 is 21.2 Å². The third kappa shape index (κ3) is 3.00. The predicted molar refractivity (Wildman–Crippen MR) is 67.3 cm³/mol. The minimum absolute atomic E-state index is 0.163. The molecule has 3 N–H and O–H groups in total. The lowest BCUT2D eigenvalue weighted by Crippen LogP contribution is -2.08. The second kappa shape index (κ2) is 5.03. The summed E-state index contributed by atoms with van der Waals surface area (Å²) in [7, 11) is -3.27. The Morgan fingerprint density at radius 3 is 2.75 bits per heavy atom. The number of para-hydroxylation sites is 1. The molecule has 0 aliphatic carbocycles. The quantitative estimate of drug-likeness (QED) is 0.466. The minimum Gasteiger partial charge on any atom is -0.396 e. The Morgan fingerprint density at radius 2 is 2.19 bits per heavy atom. The van der Waals surface area contributed by atoms with E-state index in [1.807, 2.05) is 0 Å². The average Bonchev–Trinajstić information content (AvgIpc) is 2.19. The molecule has 0 fully saturated rings. The first-order valence-electron chi connectivity index (χ1n) is 4.90. The molecule has 0 saturated heterocycles. The van der Waals surface area contributed by atoms with Gasteiger partial charge in [0.25, 0.3) is 0 Å². The lowest BCUT2D eigenvalue weighted by atomic mass is 10.2. The highest BCUT2D eigenvalue weighted by molar-refractivity contribution is 7.90. The fraction of sp³-hybridized carbons (Fsp3) is 0.273. The Labute approximate surface area is 96.1 Å². The monoisotopic (exact) mass is 240 g/mol. The van der Waals surface area contributed by atoms with E-state index in [2.05, 4.69) is 11.9 Å². The second-order valence-electron chi connectivity index (χ2n) is 3.49. The van der Waals surface area contributed by atoms with Crippen LogP contribution in [0.5, 0.6) is 0 Å². The van der Waals surface area contributed by atoms with Gasteiger partial charge in [-0.1, -0.05) is 12.1 Å². The molecular formula is C11H16N2O2S. The molecule has 1 rings (SSSR count). The van der Waals surface area contributed by atoms with Crippen LogP contribution < -0.4 is 11.1 Å². The maximum absolute atomic E-state index is 11.4. The molecule has 0 heterocycles. The standard InChI is InChI=1S/C11H16N2O2S/c1-3-4-8-13-9-6-5-7-10(11(9)12)16(2,14)15/h3,5-7,13H,1,4,8,12H2,2H3. The van der Waals surface area contributed by atoms with Crippen LogP contribution in [-0.4, -0.2) is 21.2 Å². The van der Waals surface area contributed by atoms with Crippen LogP contribution in [0.25, 0.3) is 0 Å². The van der Waals surface area contributed by atoms with Crippen molar-refractivity contribution in [3.8, 4) is 0 Å². The molecule has 0 aromatic heterocycles. The molecular weight excluding hydrogens is 224 g/mol. The zero-order valence-electron chi connectivity index (χ0n) is 9.23. The maximum Gasteiger partial charge on any atom is 0.177 e. The SMILES string of the molecule is C=CCCNc1cccc(S(C)(=O)=O)c1N. The highest BCUT2D eigenvalue weighted by Gasteiger charge is 2.13. The molecule has 0 radical (unpaired) electrons. The normalized spacial score (nSPS) is 11.1. The number of nitrogen functional groups attached to an aromatic ring is 1. The third-order valence-electron chi connectivity index (χ3n) is 2.13. The van der Waals surface area contributed by atoms with Gasteiger partial charge in [0.1, 0.15) is 0 Å². The molecule has 1 aromatic carbocycles. The largest absolute Gasteiger partial charge is 0.396 e. The number of benzene rings is 1. The fourth-order valence-corrected chi connectivity index (χ4v) is 2.17. The van der Waals surface area contributed by atoms with Crippen LogP contribution in [0.4, 0.5) is 11.4 Å². The molecule has 88 valence electrons. The molecule has 0 atom stereocenters. The van der Waals surface area contributed by atoms with Crippen molar-refractivity contribution in [2.75, 3.05) is 23.9 Å². The highest BCUT2D eigenvalue weighted by Crippen LogP contribution is 2.26. The Kier molecular flexibility index (Phi) is 3.95.